The van der Waals surface area contributed by atoms with Crippen molar-refractivity contribution in [3.63, 3.8) is 0 Å². The summed E-state index contributed by atoms with van der Waals surface area (Å²) >= 11 is 0. The number of rotatable bonds is 5. The number of hydrogen-bond donors (Lipinski definition) is 0. The van der Waals surface area contributed by atoms with Gasteiger partial charge in [-0.2, -0.15) is 0 Å². The summed E-state index contributed by atoms with van der Waals surface area (Å²) in [5.74, 6) is 0.00750. The van der Waals surface area contributed by atoms with E-state index >= 15 is 0 Å². The van der Waals surface area contributed by atoms with Gasteiger partial charge in [-0.25, -0.2) is 0 Å². The number of carbonyl (C=O) groups excluding carboxylic acids is 1. The maximum absolute atomic E-state index is 13.4. The molecule has 2 aromatic carbocycles. The normalized spacial score (nSPS) is 14.4. The monoisotopic (exact) mass is 342 g/mol. The van der Waals surface area contributed by atoms with Gasteiger partial charge in [-0.3, -0.25) is 4.79 Å². The first kappa shape index (κ1) is 16.3. The van der Waals surface area contributed by atoms with Crippen molar-refractivity contribution in [1.29, 1.82) is 0 Å². The highest BCUT2D eigenvalue weighted by Gasteiger charge is 2.34. The number of benzene rings is 2. The van der Waals surface area contributed by atoms with Crippen molar-refractivity contribution in [2.45, 2.75) is 0 Å². The number of hydrogen-bond acceptors (Lipinski definition) is 3. The quantitative estimate of drug-likeness (QED) is 0.664. The zero-order valence-electron chi connectivity index (χ0n) is 14.4. The van der Waals surface area contributed by atoms with Crippen LogP contribution in [0.1, 0.15) is 16.7 Å². The van der Waals surface area contributed by atoms with E-state index in [1.54, 1.807) is 19.6 Å². The summed E-state index contributed by atoms with van der Waals surface area (Å²) in [6.45, 7) is 0.256. The first-order chi connectivity index (χ1) is 12.8. The molecule has 0 bridgehead atoms. The van der Waals surface area contributed by atoms with Gasteiger partial charge in [0.15, 0.2) is 5.78 Å². The number of furan rings is 1. The van der Waals surface area contributed by atoms with Crippen molar-refractivity contribution in [1.82, 2.24) is 0 Å². The minimum atomic E-state index is 0.00750. The van der Waals surface area contributed by atoms with Gasteiger partial charge >= 0.3 is 0 Å². The number of methoxy groups -OCH3 is 1. The summed E-state index contributed by atoms with van der Waals surface area (Å²) in [7, 11) is 1.61. The fourth-order valence-corrected chi connectivity index (χ4v) is 3.43. The predicted octanol–water partition coefficient (Wildman–Crippen LogP) is 4.87. The Labute approximate surface area is 152 Å². The topological polar surface area (TPSA) is 39.4 Å². The van der Waals surface area contributed by atoms with Gasteiger partial charge in [0.1, 0.15) is 0 Å². The van der Waals surface area contributed by atoms with Gasteiger partial charge in [-0.05, 0) is 17.2 Å². The van der Waals surface area contributed by atoms with Crippen LogP contribution >= 0.6 is 0 Å². The maximum atomic E-state index is 13.4. The van der Waals surface area contributed by atoms with Crippen LogP contribution < -0.4 is 0 Å². The maximum Gasteiger partial charge on any atom is 0.193 e. The summed E-state index contributed by atoms with van der Waals surface area (Å²) in [5, 5.41) is 0. The van der Waals surface area contributed by atoms with E-state index in [0.717, 1.165) is 27.8 Å². The molecule has 0 fully saturated rings. The van der Waals surface area contributed by atoms with E-state index in [4.69, 9.17) is 9.15 Å². The summed E-state index contributed by atoms with van der Waals surface area (Å²) in [6, 6.07) is 21.7. The van der Waals surface area contributed by atoms with Gasteiger partial charge in [0, 0.05) is 35.0 Å². The molecule has 0 unspecified atom stereocenters. The number of Topliss-reactive ketones (excluding diaryl/α,β-unsaturated/α-hetero) is 1. The largest absolute Gasteiger partial charge is 0.472 e. The van der Waals surface area contributed by atoms with Gasteiger partial charge in [0.2, 0.25) is 0 Å². The zero-order chi connectivity index (χ0) is 17.9. The van der Waals surface area contributed by atoms with Crippen LogP contribution in [0.3, 0.4) is 0 Å². The number of ether oxygens (including phenoxy) is 1. The summed E-state index contributed by atoms with van der Waals surface area (Å²) in [5.41, 5.74) is 5.97. The van der Waals surface area contributed by atoms with Crippen molar-refractivity contribution in [3.05, 3.63) is 102 Å². The van der Waals surface area contributed by atoms with Gasteiger partial charge in [-0.15, -0.1) is 0 Å². The molecule has 128 valence electrons. The van der Waals surface area contributed by atoms with Crippen LogP contribution in [0.5, 0.6) is 0 Å². The molecule has 1 heterocycles. The Morgan fingerprint density at radius 2 is 1.38 bits per heavy atom. The fraction of sp³-hybridized carbons (Fsp3) is 0.0870. The third kappa shape index (κ3) is 2.72. The third-order valence-corrected chi connectivity index (χ3v) is 4.53. The molecule has 3 heteroatoms. The van der Waals surface area contributed by atoms with E-state index in [-0.39, 0.29) is 12.4 Å². The minimum absolute atomic E-state index is 0.00750. The molecule has 0 aliphatic heterocycles. The number of ketones is 1. The molecule has 0 atom stereocenters. The van der Waals surface area contributed by atoms with E-state index in [9.17, 15) is 4.79 Å². The van der Waals surface area contributed by atoms with Crippen molar-refractivity contribution in [2.75, 3.05) is 13.7 Å². The molecule has 0 saturated carbocycles. The Bertz CT molecular complexity index is 978. The molecule has 0 spiro atoms. The Balaban J connectivity index is 2.03. The highest BCUT2D eigenvalue weighted by molar-refractivity contribution is 6.47. The molecule has 26 heavy (non-hydrogen) atoms. The number of carbonyl (C=O) groups is 1. The molecule has 1 aliphatic rings. The molecule has 0 amide bonds. The van der Waals surface area contributed by atoms with Crippen LogP contribution in [0.4, 0.5) is 0 Å². The second-order valence-electron chi connectivity index (χ2n) is 6.11. The molecular formula is C23H18O3. The molecule has 0 radical (unpaired) electrons. The van der Waals surface area contributed by atoms with Crippen LogP contribution in [-0.2, 0) is 9.53 Å². The van der Waals surface area contributed by atoms with Gasteiger partial charge in [-0.1, -0.05) is 60.7 Å². The van der Waals surface area contributed by atoms with Crippen molar-refractivity contribution in [2.24, 2.45) is 0 Å². The summed E-state index contributed by atoms with van der Waals surface area (Å²) in [6.07, 6.45) is 3.30. The second-order valence-corrected chi connectivity index (χ2v) is 6.11. The molecular weight excluding hydrogens is 324 g/mol. The average molecular weight is 342 g/mol. The lowest BCUT2D eigenvalue weighted by atomic mass is 9.91. The third-order valence-electron chi connectivity index (χ3n) is 4.53. The van der Waals surface area contributed by atoms with Crippen molar-refractivity contribution in [3.8, 4) is 0 Å². The lowest BCUT2D eigenvalue weighted by Crippen LogP contribution is -2.07. The molecule has 3 nitrogen and oxygen atoms in total. The first-order valence-electron chi connectivity index (χ1n) is 8.46. The predicted molar refractivity (Wildman–Crippen MR) is 102 cm³/mol. The standard InChI is InChI=1S/C23H18O3/c1-25-15-19-20(18-12-13-26-14-18)21(16-8-4-2-5-9-16)22(23(19)24)17-10-6-3-7-11-17/h2-14H,15H2,1H3. The highest BCUT2D eigenvalue weighted by atomic mass is 16.5. The molecule has 0 saturated heterocycles. The summed E-state index contributed by atoms with van der Waals surface area (Å²) < 4.78 is 10.7. The van der Waals surface area contributed by atoms with Crippen LogP contribution in [0, 0.1) is 0 Å². The minimum Gasteiger partial charge on any atom is -0.472 e. The smallest absolute Gasteiger partial charge is 0.193 e. The molecule has 1 aliphatic carbocycles. The Kier molecular flexibility index (Phi) is 4.38. The van der Waals surface area contributed by atoms with Crippen molar-refractivity contribution < 1.29 is 13.9 Å². The fourth-order valence-electron chi connectivity index (χ4n) is 3.43. The van der Waals surface area contributed by atoms with E-state index in [2.05, 4.69) is 0 Å². The second kappa shape index (κ2) is 6.98. The van der Waals surface area contributed by atoms with E-state index in [0.29, 0.717) is 11.1 Å². The lowest BCUT2D eigenvalue weighted by Gasteiger charge is -2.11. The number of allylic oxidation sites excluding steroid dienone is 3. The Morgan fingerprint density at radius 1 is 0.769 bits per heavy atom. The Morgan fingerprint density at radius 3 is 1.92 bits per heavy atom. The molecule has 3 aromatic rings. The molecule has 0 N–H and O–H groups in total. The first-order valence-corrected chi connectivity index (χ1v) is 8.46. The van der Waals surface area contributed by atoms with Crippen LogP contribution in [0.15, 0.2) is 89.2 Å². The van der Waals surface area contributed by atoms with Crippen LogP contribution in [-0.4, -0.2) is 19.5 Å². The molecule has 4 rings (SSSR count). The van der Waals surface area contributed by atoms with Gasteiger partial charge < -0.3 is 9.15 Å². The SMILES string of the molecule is COCC1=C(c2ccoc2)C(c2ccccc2)=C(c2ccccc2)C1=O. The average Bonchev–Trinajstić information content (AvgIpc) is 3.30. The van der Waals surface area contributed by atoms with Crippen LogP contribution in [0.2, 0.25) is 0 Å². The zero-order valence-corrected chi connectivity index (χ0v) is 14.4. The van der Waals surface area contributed by atoms with Gasteiger partial charge in [0.05, 0.1) is 19.1 Å². The van der Waals surface area contributed by atoms with Gasteiger partial charge in [0.25, 0.3) is 0 Å². The Hall–Kier alpha value is -3.17. The lowest BCUT2D eigenvalue weighted by molar-refractivity contribution is -0.110. The van der Waals surface area contributed by atoms with E-state index in [1.807, 2.05) is 66.7 Å². The van der Waals surface area contributed by atoms with Crippen molar-refractivity contribution >= 4 is 22.5 Å². The van der Waals surface area contributed by atoms with E-state index < -0.39 is 0 Å². The summed E-state index contributed by atoms with van der Waals surface area (Å²) in [4.78, 5) is 13.4. The molecule has 1 aromatic heterocycles. The van der Waals surface area contributed by atoms with Crippen LogP contribution in [0.25, 0.3) is 16.7 Å². The highest BCUT2D eigenvalue weighted by Crippen LogP contribution is 2.46. The van der Waals surface area contributed by atoms with E-state index in [1.165, 1.54) is 0 Å².